The summed E-state index contributed by atoms with van der Waals surface area (Å²) < 4.78 is 16.0. The highest BCUT2D eigenvalue weighted by Gasteiger charge is 2.21. The van der Waals surface area contributed by atoms with Crippen LogP contribution in [-0.4, -0.2) is 27.4 Å². The smallest absolute Gasteiger partial charge is 0.277 e. The zero-order valence-electron chi connectivity index (χ0n) is 13.9. The molecule has 0 bridgehead atoms. The summed E-state index contributed by atoms with van der Waals surface area (Å²) in [5.74, 6) is 2.93. The Bertz CT molecular complexity index is 805. The second kappa shape index (κ2) is 6.64. The first-order valence-electron chi connectivity index (χ1n) is 7.39. The van der Waals surface area contributed by atoms with Gasteiger partial charge in [-0.1, -0.05) is 37.7 Å². The lowest BCUT2D eigenvalue weighted by atomic mass is 9.96. The maximum absolute atomic E-state index is 5.65. The quantitative estimate of drug-likeness (QED) is 0.646. The molecule has 0 spiro atoms. The largest absolute Gasteiger partial charge is 0.497 e. The van der Waals surface area contributed by atoms with Crippen molar-refractivity contribution in [1.29, 1.82) is 0 Å². The van der Waals surface area contributed by atoms with Gasteiger partial charge in [-0.3, -0.25) is 0 Å². The number of hydrogen-bond donors (Lipinski definition) is 0. The van der Waals surface area contributed by atoms with Crippen molar-refractivity contribution >= 4 is 11.8 Å². The predicted octanol–water partition coefficient (Wildman–Crippen LogP) is 3.72. The van der Waals surface area contributed by atoms with E-state index in [0.717, 1.165) is 11.3 Å². The van der Waals surface area contributed by atoms with Crippen LogP contribution in [0, 0.1) is 0 Å². The van der Waals surface area contributed by atoms with Gasteiger partial charge in [0.15, 0.2) is 5.82 Å². The van der Waals surface area contributed by atoms with E-state index in [4.69, 9.17) is 13.7 Å². The molecule has 0 saturated carbocycles. The monoisotopic (exact) mass is 346 g/mol. The molecule has 0 aliphatic rings. The molecule has 2 aromatic heterocycles. The highest BCUT2D eigenvalue weighted by molar-refractivity contribution is 7.98. The van der Waals surface area contributed by atoms with Gasteiger partial charge >= 0.3 is 0 Å². The Balaban J connectivity index is 1.64. The maximum Gasteiger partial charge on any atom is 0.277 e. The number of ether oxygens (including phenoxy) is 1. The molecule has 1 aromatic carbocycles. The van der Waals surface area contributed by atoms with Crippen molar-refractivity contribution in [2.24, 2.45) is 0 Å². The Morgan fingerprint density at radius 2 is 1.88 bits per heavy atom. The number of hydrogen-bond acceptors (Lipinski definition) is 8. The van der Waals surface area contributed by atoms with E-state index in [-0.39, 0.29) is 5.41 Å². The molecular weight excluding hydrogens is 328 g/mol. The van der Waals surface area contributed by atoms with Gasteiger partial charge in [0, 0.05) is 11.0 Å². The molecule has 3 rings (SSSR count). The van der Waals surface area contributed by atoms with Crippen molar-refractivity contribution < 1.29 is 13.7 Å². The van der Waals surface area contributed by atoms with E-state index in [1.165, 1.54) is 11.8 Å². The van der Waals surface area contributed by atoms with Crippen LogP contribution < -0.4 is 4.74 Å². The van der Waals surface area contributed by atoms with Crippen molar-refractivity contribution in [1.82, 2.24) is 20.3 Å². The molecule has 0 unspecified atom stereocenters. The molecule has 0 aliphatic carbocycles. The second-order valence-electron chi connectivity index (χ2n) is 6.15. The fourth-order valence-corrected chi connectivity index (χ4v) is 2.46. The number of rotatable bonds is 5. The lowest BCUT2D eigenvalue weighted by molar-refractivity contribution is 0.372. The number of nitrogens with zero attached hydrogens (tertiary/aromatic N) is 4. The van der Waals surface area contributed by atoms with E-state index in [2.05, 4.69) is 20.3 Å². The van der Waals surface area contributed by atoms with Crippen molar-refractivity contribution in [2.45, 2.75) is 37.2 Å². The van der Waals surface area contributed by atoms with E-state index in [0.29, 0.717) is 28.6 Å². The molecule has 0 saturated heterocycles. The zero-order chi connectivity index (χ0) is 17.2. The molecule has 126 valence electrons. The third kappa shape index (κ3) is 3.76. The summed E-state index contributed by atoms with van der Waals surface area (Å²) in [5, 5.41) is 12.5. The van der Waals surface area contributed by atoms with Crippen LogP contribution in [0.1, 0.15) is 32.5 Å². The maximum atomic E-state index is 5.65. The molecule has 0 atom stereocenters. The number of thioether (sulfide) groups is 1. The fraction of sp³-hybridized carbons (Fsp3) is 0.375. The van der Waals surface area contributed by atoms with Gasteiger partial charge in [0.2, 0.25) is 11.8 Å². The first-order chi connectivity index (χ1) is 11.5. The molecule has 2 heterocycles. The highest BCUT2D eigenvalue weighted by atomic mass is 32.2. The lowest BCUT2D eigenvalue weighted by Crippen LogP contribution is -2.13. The molecule has 7 nitrogen and oxygen atoms in total. The minimum atomic E-state index is -0.140. The van der Waals surface area contributed by atoms with Crippen LogP contribution in [-0.2, 0) is 11.2 Å². The summed E-state index contributed by atoms with van der Waals surface area (Å²) in [5.41, 5.74) is 0.696. The third-order valence-electron chi connectivity index (χ3n) is 3.20. The average Bonchev–Trinajstić information content (AvgIpc) is 3.22. The molecule has 0 radical (unpaired) electrons. The first-order valence-corrected chi connectivity index (χ1v) is 8.38. The van der Waals surface area contributed by atoms with E-state index in [9.17, 15) is 0 Å². The molecule has 0 amide bonds. The predicted molar refractivity (Wildman–Crippen MR) is 88.8 cm³/mol. The zero-order valence-corrected chi connectivity index (χ0v) is 14.8. The summed E-state index contributed by atoms with van der Waals surface area (Å²) in [6.45, 7) is 6.11. The summed E-state index contributed by atoms with van der Waals surface area (Å²) in [6, 6.07) is 7.43. The topological polar surface area (TPSA) is 87.1 Å². The van der Waals surface area contributed by atoms with Gasteiger partial charge < -0.3 is 13.7 Å². The van der Waals surface area contributed by atoms with Crippen molar-refractivity contribution in [3.05, 3.63) is 36.0 Å². The van der Waals surface area contributed by atoms with Gasteiger partial charge in [-0.2, -0.15) is 4.98 Å². The summed E-state index contributed by atoms with van der Waals surface area (Å²) in [7, 11) is 1.62. The number of methoxy groups -OCH3 is 1. The van der Waals surface area contributed by atoms with Crippen LogP contribution in [0.5, 0.6) is 5.75 Å². The minimum absolute atomic E-state index is 0.140. The van der Waals surface area contributed by atoms with E-state index in [1.54, 1.807) is 7.11 Å². The molecule has 24 heavy (non-hydrogen) atoms. The van der Waals surface area contributed by atoms with Crippen LogP contribution in [0.4, 0.5) is 0 Å². The van der Waals surface area contributed by atoms with Gasteiger partial charge in [0.25, 0.3) is 5.22 Å². The van der Waals surface area contributed by atoms with Crippen LogP contribution in [0.15, 0.2) is 38.4 Å². The minimum Gasteiger partial charge on any atom is -0.497 e. The number of benzene rings is 1. The van der Waals surface area contributed by atoms with E-state index in [1.807, 2.05) is 45.0 Å². The average molecular weight is 346 g/mol. The summed E-state index contributed by atoms with van der Waals surface area (Å²) in [6.07, 6.45) is 0. The Kier molecular flexibility index (Phi) is 4.57. The molecular formula is C16H18N4O3S. The second-order valence-corrected chi connectivity index (χ2v) is 7.08. The first kappa shape index (κ1) is 16.5. The molecule has 0 aliphatic heterocycles. The highest BCUT2D eigenvalue weighted by Crippen LogP contribution is 2.27. The number of aromatic nitrogens is 4. The van der Waals surface area contributed by atoms with Gasteiger partial charge in [0.1, 0.15) is 5.75 Å². The lowest BCUT2D eigenvalue weighted by Gasteiger charge is -2.10. The molecule has 3 aromatic rings. The molecule has 8 heteroatoms. The van der Waals surface area contributed by atoms with Crippen molar-refractivity contribution in [2.75, 3.05) is 7.11 Å². The summed E-state index contributed by atoms with van der Waals surface area (Å²) >= 11 is 1.36. The van der Waals surface area contributed by atoms with E-state index < -0.39 is 0 Å². The molecule has 0 N–H and O–H groups in total. The Morgan fingerprint density at radius 3 is 2.50 bits per heavy atom. The van der Waals surface area contributed by atoms with E-state index >= 15 is 0 Å². The van der Waals surface area contributed by atoms with Gasteiger partial charge in [-0.25, -0.2) is 0 Å². The Hall–Kier alpha value is -2.35. The van der Waals surface area contributed by atoms with Gasteiger partial charge in [0.05, 0.1) is 12.9 Å². The molecule has 0 fully saturated rings. The fourth-order valence-electron chi connectivity index (χ4n) is 1.86. The van der Waals surface area contributed by atoms with Gasteiger partial charge in [-0.05, 0) is 24.3 Å². The van der Waals surface area contributed by atoms with Crippen LogP contribution >= 0.6 is 11.8 Å². The standard InChI is InChI=1S/C16H18N4O3S/c1-16(2,3)14-17-12(23-20-14)9-24-15-19-18-13(22-15)10-5-7-11(21-4)8-6-10/h5-8H,9H2,1-4H3. The summed E-state index contributed by atoms with van der Waals surface area (Å²) in [4.78, 5) is 4.38. The Labute approximate surface area is 143 Å². The van der Waals surface area contributed by atoms with Crippen LogP contribution in [0.3, 0.4) is 0 Å². The normalized spacial score (nSPS) is 11.7. The third-order valence-corrected chi connectivity index (χ3v) is 4.00. The van der Waals surface area contributed by atoms with Gasteiger partial charge in [-0.15, -0.1) is 10.2 Å². The van der Waals surface area contributed by atoms with Crippen molar-refractivity contribution in [3.63, 3.8) is 0 Å². The SMILES string of the molecule is COc1ccc(-c2nnc(SCc3nc(C(C)(C)C)no3)o2)cc1. The van der Waals surface area contributed by atoms with Crippen molar-refractivity contribution in [3.8, 4) is 17.2 Å². The van der Waals surface area contributed by atoms with Crippen LogP contribution in [0.25, 0.3) is 11.5 Å². The Morgan fingerprint density at radius 1 is 1.12 bits per heavy atom. The van der Waals surface area contributed by atoms with Crippen LogP contribution in [0.2, 0.25) is 0 Å².